The van der Waals surface area contributed by atoms with E-state index >= 15 is 0 Å². The zero-order valence-corrected chi connectivity index (χ0v) is 12.4. The molecule has 2 heterocycles. The van der Waals surface area contributed by atoms with Gasteiger partial charge in [-0.2, -0.15) is 0 Å². The number of ether oxygens (including phenoxy) is 1. The third-order valence-electron chi connectivity index (χ3n) is 4.40. The van der Waals surface area contributed by atoms with Crippen LogP contribution in [-0.2, 0) is 12.8 Å². The molecule has 0 saturated heterocycles. The Hall–Kier alpha value is -1.22. The Bertz CT molecular complexity index is 536. The van der Waals surface area contributed by atoms with Gasteiger partial charge < -0.3 is 15.8 Å². The molecule has 2 aliphatic rings. The first-order valence-corrected chi connectivity index (χ1v) is 7.12. The van der Waals surface area contributed by atoms with E-state index in [1.165, 1.54) is 22.4 Å². The van der Waals surface area contributed by atoms with E-state index in [0.717, 1.165) is 25.1 Å². The number of aryl methyl sites for hydroxylation is 1. The van der Waals surface area contributed by atoms with Crippen molar-refractivity contribution in [3.05, 3.63) is 22.8 Å². The number of nitrogens with one attached hydrogen (secondary N) is 1. The highest BCUT2D eigenvalue weighted by atomic mass is 16.5. The summed E-state index contributed by atoms with van der Waals surface area (Å²) in [6, 6.07) is 2.26. The molecule has 19 heavy (non-hydrogen) atoms. The average molecular weight is 260 g/mol. The van der Waals surface area contributed by atoms with Gasteiger partial charge in [0, 0.05) is 30.8 Å². The van der Waals surface area contributed by atoms with Gasteiger partial charge in [0.05, 0.1) is 0 Å². The van der Waals surface area contributed by atoms with Crippen molar-refractivity contribution in [1.82, 2.24) is 0 Å². The summed E-state index contributed by atoms with van der Waals surface area (Å²) in [6.45, 7) is 10.5. The van der Waals surface area contributed by atoms with E-state index in [-0.39, 0.29) is 11.0 Å². The van der Waals surface area contributed by atoms with Gasteiger partial charge in [-0.25, -0.2) is 0 Å². The molecule has 0 aromatic heterocycles. The molecule has 0 spiro atoms. The molecule has 1 aromatic rings. The highest BCUT2D eigenvalue weighted by Crippen LogP contribution is 2.46. The van der Waals surface area contributed by atoms with Gasteiger partial charge in [-0.3, -0.25) is 0 Å². The number of benzene rings is 1. The van der Waals surface area contributed by atoms with E-state index in [4.69, 9.17) is 10.5 Å². The van der Waals surface area contributed by atoms with E-state index in [0.29, 0.717) is 6.54 Å². The minimum atomic E-state index is -0.231. The van der Waals surface area contributed by atoms with Crippen LogP contribution in [0.2, 0.25) is 0 Å². The molecule has 0 bridgehead atoms. The maximum absolute atomic E-state index is 6.23. The fourth-order valence-electron chi connectivity index (χ4n) is 3.29. The summed E-state index contributed by atoms with van der Waals surface area (Å²) in [7, 11) is 0. The molecule has 0 saturated carbocycles. The third-order valence-corrected chi connectivity index (χ3v) is 4.40. The minimum absolute atomic E-state index is 0.231. The van der Waals surface area contributed by atoms with E-state index in [1.807, 2.05) is 0 Å². The molecule has 0 aliphatic carbocycles. The van der Waals surface area contributed by atoms with Crippen LogP contribution in [0.15, 0.2) is 6.07 Å². The standard InChI is InChI=1S/C16H24N2O/c1-10-5-11-6-16(4,8-17)19-14(11)12-7-15(2,3)9-18-13(10)12/h5,18H,6-9,17H2,1-4H3. The van der Waals surface area contributed by atoms with Crippen molar-refractivity contribution in [2.24, 2.45) is 11.1 Å². The van der Waals surface area contributed by atoms with Crippen LogP contribution in [0.25, 0.3) is 0 Å². The Labute approximate surface area is 115 Å². The van der Waals surface area contributed by atoms with Crippen molar-refractivity contribution in [3.63, 3.8) is 0 Å². The number of hydrogen-bond donors (Lipinski definition) is 2. The lowest BCUT2D eigenvalue weighted by Gasteiger charge is -2.34. The zero-order valence-electron chi connectivity index (χ0n) is 12.4. The van der Waals surface area contributed by atoms with Crippen LogP contribution in [0, 0.1) is 12.3 Å². The molecule has 1 aromatic carbocycles. The molecule has 3 heteroatoms. The van der Waals surface area contributed by atoms with Crippen LogP contribution in [0.5, 0.6) is 5.75 Å². The Balaban J connectivity index is 2.11. The fourth-order valence-corrected chi connectivity index (χ4v) is 3.29. The molecule has 3 N–H and O–H groups in total. The van der Waals surface area contributed by atoms with Crippen molar-refractivity contribution in [1.29, 1.82) is 0 Å². The molecule has 0 radical (unpaired) electrons. The molecular formula is C16H24N2O. The maximum Gasteiger partial charge on any atom is 0.128 e. The molecule has 1 unspecified atom stereocenters. The molecule has 3 nitrogen and oxygen atoms in total. The molecule has 0 fully saturated rings. The quantitative estimate of drug-likeness (QED) is 0.816. The van der Waals surface area contributed by atoms with Crippen LogP contribution in [0.3, 0.4) is 0 Å². The van der Waals surface area contributed by atoms with E-state index in [9.17, 15) is 0 Å². The van der Waals surface area contributed by atoms with Crippen molar-refractivity contribution in [2.45, 2.75) is 46.1 Å². The molecule has 104 valence electrons. The largest absolute Gasteiger partial charge is 0.485 e. The second-order valence-corrected chi connectivity index (χ2v) is 7.16. The normalized spacial score (nSPS) is 27.2. The van der Waals surface area contributed by atoms with Crippen molar-refractivity contribution < 1.29 is 4.74 Å². The summed E-state index contributed by atoms with van der Waals surface area (Å²) in [4.78, 5) is 0. The van der Waals surface area contributed by atoms with Crippen LogP contribution in [-0.4, -0.2) is 18.7 Å². The van der Waals surface area contributed by atoms with E-state index < -0.39 is 0 Å². The number of nitrogens with two attached hydrogens (primary N) is 1. The SMILES string of the molecule is Cc1cc2c(c3c1NCC(C)(C)C3)OC(C)(CN)C2. The van der Waals surface area contributed by atoms with Gasteiger partial charge in [-0.15, -0.1) is 0 Å². The van der Waals surface area contributed by atoms with Gasteiger partial charge in [0.15, 0.2) is 0 Å². The second kappa shape index (κ2) is 3.89. The summed E-state index contributed by atoms with van der Waals surface area (Å²) in [5, 5.41) is 3.58. The lowest BCUT2D eigenvalue weighted by molar-refractivity contribution is 0.124. The molecule has 2 aliphatic heterocycles. The first-order valence-electron chi connectivity index (χ1n) is 7.12. The van der Waals surface area contributed by atoms with Gasteiger partial charge >= 0.3 is 0 Å². The third kappa shape index (κ3) is 2.00. The van der Waals surface area contributed by atoms with Gasteiger partial charge in [0.2, 0.25) is 0 Å². The summed E-state index contributed by atoms with van der Waals surface area (Å²) in [5.74, 6) is 1.09. The summed E-state index contributed by atoms with van der Waals surface area (Å²) < 4.78 is 6.23. The van der Waals surface area contributed by atoms with Gasteiger partial charge in [0.1, 0.15) is 11.4 Å². The van der Waals surface area contributed by atoms with Crippen LogP contribution < -0.4 is 15.8 Å². The molecular weight excluding hydrogens is 236 g/mol. The number of rotatable bonds is 1. The maximum atomic E-state index is 6.23. The highest BCUT2D eigenvalue weighted by molar-refractivity contribution is 5.68. The Morgan fingerprint density at radius 2 is 2.05 bits per heavy atom. The molecule has 1 atom stereocenters. The lowest BCUT2D eigenvalue weighted by Crippen LogP contribution is -2.39. The van der Waals surface area contributed by atoms with Crippen LogP contribution in [0.1, 0.15) is 37.5 Å². The Morgan fingerprint density at radius 1 is 1.32 bits per heavy atom. The predicted octanol–water partition coefficient (Wildman–Crippen LogP) is 2.64. The van der Waals surface area contributed by atoms with Crippen molar-refractivity contribution in [2.75, 3.05) is 18.4 Å². The second-order valence-electron chi connectivity index (χ2n) is 7.16. The average Bonchev–Trinajstić information content (AvgIpc) is 2.66. The van der Waals surface area contributed by atoms with E-state index in [1.54, 1.807) is 0 Å². The van der Waals surface area contributed by atoms with E-state index in [2.05, 4.69) is 39.1 Å². The monoisotopic (exact) mass is 260 g/mol. The lowest BCUT2D eigenvalue weighted by atomic mass is 9.80. The van der Waals surface area contributed by atoms with Gasteiger partial charge in [-0.1, -0.05) is 19.9 Å². The predicted molar refractivity (Wildman–Crippen MR) is 78.9 cm³/mol. The smallest absolute Gasteiger partial charge is 0.128 e. The highest BCUT2D eigenvalue weighted by Gasteiger charge is 2.38. The zero-order chi connectivity index (χ0) is 13.8. The molecule has 0 amide bonds. The first kappa shape index (κ1) is 12.8. The number of hydrogen-bond acceptors (Lipinski definition) is 3. The van der Waals surface area contributed by atoms with Gasteiger partial charge in [-0.05, 0) is 36.8 Å². The topological polar surface area (TPSA) is 47.3 Å². The van der Waals surface area contributed by atoms with Crippen molar-refractivity contribution >= 4 is 5.69 Å². The molecule has 3 rings (SSSR count). The first-order chi connectivity index (χ1) is 8.84. The van der Waals surface area contributed by atoms with Crippen molar-refractivity contribution in [3.8, 4) is 5.75 Å². The Morgan fingerprint density at radius 3 is 2.74 bits per heavy atom. The summed E-state index contributed by atoms with van der Waals surface area (Å²) in [6.07, 6.45) is 1.99. The van der Waals surface area contributed by atoms with Crippen LogP contribution >= 0.6 is 0 Å². The number of fused-ring (bicyclic) bond motifs is 3. The fraction of sp³-hybridized carbons (Fsp3) is 0.625. The Kier molecular flexibility index (Phi) is 2.62. The van der Waals surface area contributed by atoms with Crippen LogP contribution in [0.4, 0.5) is 5.69 Å². The summed E-state index contributed by atoms with van der Waals surface area (Å²) >= 11 is 0. The number of anilines is 1. The minimum Gasteiger partial charge on any atom is -0.485 e. The summed E-state index contributed by atoms with van der Waals surface area (Å²) in [5.41, 5.74) is 11.2. The van der Waals surface area contributed by atoms with Gasteiger partial charge in [0.25, 0.3) is 0 Å².